The van der Waals surface area contributed by atoms with E-state index in [1.807, 2.05) is 44.4 Å². The molecule has 0 aliphatic carbocycles. The van der Waals surface area contributed by atoms with Crippen molar-refractivity contribution in [2.45, 2.75) is 13.5 Å². The number of hydrogen-bond donors (Lipinski definition) is 0. The molecule has 0 fully saturated rings. The van der Waals surface area contributed by atoms with Gasteiger partial charge in [0, 0.05) is 5.56 Å². The second-order valence-electron chi connectivity index (χ2n) is 4.69. The van der Waals surface area contributed by atoms with Crippen LogP contribution in [0.4, 0.5) is 0 Å². The lowest BCUT2D eigenvalue weighted by atomic mass is 10.2. The zero-order valence-corrected chi connectivity index (χ0v) is 11.9. The van der Waals surface area contributed by atoms with E-state index in [2.05, 4.69) is 6.58 Å². The van der Waals surface area contributed by atoms with Gasteiger partial charge in [0.25, 0.3) is 0 Å². The Bertz CT molecular complexity index is 402. The topological polar surface area (TPSA) is 26.3 Å². The molecule has 4 heteroatoms. The Morgan fingerprint density at radius 2 is 1.83 bits per heavy atom. The Morgan fingerprint density at radius 1 is 1.28 bits per heavy atom. The van der Waals surface area contributed by atoms with Crippen molar-refractivity contribution < 1.29 is 26.7 Å². The van der Waals surface area contributed by atoms with E-state index < -0.39 is 0 Å². The van der Waals surface area contributed by atoms with Gasteiger partial charge in [-0.25, -0.2) is 0 Å². The molecule has 0 spiro atoms. The van der Waals surface area contributed by atoms with E-state index in [1.165, 1.54) is 5.56 Å². The van der Waals surface area contributed by atoms with Crippen LogP contribution in [0.1, 0.15) is 12.5 Å². The third kappa shape index (κ3) is 5.96. The van der Waals surface area contributed by atoms with Gasteiger partial charge in [0.05, 0.1) is 14.1 Å². The Morgan fingerprint density at radius 3 is 2.33 bits per heavy atom. The highest BCUT2D eigenvalue weighted by Gasteiger charge is 2.19. The zero-order chi connectivity index (χ0) is 12.9. The van der Waals surface area contributed by atoms with Crippen LogP contribution in [0.25, 0.3) is 0 Å². The molecule has 0 amide bonds. The molecule has 0 radical (unpaired) electrons. The number of benzene rings is 1. The van der Waals surface area contributed by atoms with Crippen LogP contribution < -0.4 is 12.4 Å². The highest BCUT2D eigenvalue weighted by Crippen LogP contribution is 2.10. The maximum absolute atomic E-state index is 11.4. The standard InChI is InChI=1S/C14H20NO2.ClH/c1-12(2)14(16)11-17-15(3,4)10-13-8-6-5-7-9-13;/h5-9H,1,10-11H2,2-4H3;1H/q+1;/p-1. The third-order valence-corrected chi connectivity index (χ3v) is 2.43. The van der Waals surface area contributed by atoms with Gasteiger partial charge in [-0.1, -0.05) is 36.9 Å². The van der Waals surface area contributed by atoms with Crippen molar-refractivity contribution in [3.05, 3.63) is 48.0 Å². The number of carbonyl (C=O) groups excluding carboxylic acids is 1. The number of nitrogens with zero attached hydrogens (tertiary/aromatic N) is 1. The number of hydrogen-bond acceptors (Lipinski definition) is 2. The number of halogens is 1. The van der Waals surface area contributed by atoms with E-state index in [0.29, 0.717) is 10.2 Å². The van der Waals surface area contributed by atoms with Gasteiger partial charge in [-0.05, 0) is 12.5 Å². The maximum Gasteiger partial charge on any atom is 0.189 e. The number of rotatable bonds is 6. The van der Waals surface area contributed by atoms with E-state index in [1.54, 1.807) is 6.92 Å². The number of ketones is 1. The molecule has 0 unspecified atom stereocenters. The molecule has 0 aliphatic heterocycles. The number of quaternary nitrogens is 1. The summed E-state index contributed by atoms with van der Waals surface area (Å²) in [5, 5.41) is 0. The zero-order valence-electron chi connectivity index (χ0n) is 11.1. The molecule has 3 nitrogen and oxygen atoms in total. The van der Waals surface area contributed by atoms with E-state index in [-0.39, 0.29) is 24.8 Å². The fourth-order valence-electron chi connectivity index (χ4n) is 1.43. The van der Waals surface area contributed by atoms with Gasteiger partial charge < -0.3 is 12.4 Å². The molecular formula is C14H20ClNO2. The summed E-state index contributed by atoms with van der Waals surface area (Å²) >= 11 is 0. The predicted molar refractivity (Wildman–Crippen MR) is 68.0 cm³/mol. The lowest BCUT2D eigenvalue weighted by Crippen LogP contribution is -3.00. The highest BCUT2D eigenvalue weighted by atomic mass is 35.5. The van der Waals surface area contributed by atoms with E-state index in [4.69, 9.17) is 4.84 Å². The molecular weight excluding hydrogens is 250 g/mol. The van der Waals surface area contributed by atoms with Crippen molar-refractivity contribution in [1.29, 1.82) is 0 Å². The van der Waals surface area contributed by atoms with Crippen LogP contribution in [0, 0.1) is 0 Å². The monoisotopic (exact) mass is 269 g/mol. The number of Topliss-reactive ketones (excluding diaryl/α,β-unsaturated/α-hetero) is 1. The Labute approximate surface area is 115 Å². The molecule has 0 saturated heterocycles. The quantitative estimate of drug-likeness (QED) is 0.390. The summed E-state index contributed by atoms with van der Waals surface area (Å²) in [6, 6.07) is 10.1. The Hall–Kier alpha value is -1.16. The van der Waals surface area contributed by atoms with Crippen LogP contribution >= 0.6 is 0 Å². The van der Waals surface area contributed by atoms with Crippen molar-refractivity contribution in [2.75, 3.05) is 20.7 Å². The minimum atomic E-state index is -0.0516. The van der Waals surface area contributed by atoms with Gasteiger partial charge in [0.1, 0.15) is 6.54 Å². The van der Waals surface area contributed by atoms with Crippen molar-refractivity contribution in [1.82, 2.24) is 0 Å². The molecule has 0 aromatic heterocycles. The first-order valence-corrected chi connectivity index (χ1v) is 5.61. The average Bonchev–Trinajstić information content (AvgIpc) is 2.26. The summed E-state index contributed by atoms with van der Waals surface area (Å²) < 4.78 is 0.322. The van der Waals surface area contributed by atoms with Crippen molar-refractivity contribution in [2.24, 2.45) is 0 Å². The van der Waals surface area contributed by atoms with E-state index >= 15 is 0 Å². The Balaban J connectivity index is 0.00000289. The summed E-state index contributed by atoms with van der Waals surface area (Å²) in [7, 11) is 3.86. The number of carbonyl (C=O) groups is 1. The van der Waals surface area contributed by atoms with Gasteiger partial charge in [0.2, 0.25) is 0 Å². The van der Waals surface area contributed by atoms with Crippen LogP contribution in [-0.2, 0) is 16.2 Å². The van der Waals surface area contributed by atoms with Crippen LogP contribution in [-0.4, -0.2) is 31.1 Å². The fraction of sp³-hybridized carbons (Fsp3) is 0.357. The summed E-state index contributed by atoms with van der Waals surface area (Å²) in [5.74, 6) is -0.0516. The molecule has 0 aliphatic rings. The summed E-state index contributed by atoms with van der Waals surface area (Å²) in [6.45, 7) is 6.11. The summed E-state index contributed by atoms with van der Waals surface area (Å²) in [4.78, 5) is 17.0. The minimum absolute atomic E-state index is 0. The second-order valence-corrected chi connectivity index (χ2v) is 4.69. The van der Waals surface area contributed by atoms with Crippen molar-refractivity contribution in [3.63, 3.8) is 0 Å². The third-order valence-electron chi connectivity index (χ3n) is 2.43. The molecule has 18 heavy (non-hydrogen) atoms. The van der Waals surface area contributed by atoms with Gasteiger partial charge >= 0.3 is 0 Å². The molecule has 1 rings (SSSR count). The first-order chi connectivity index (χ1) is 7.91. The van der Waals surface area contributed by atoms with Gasteiger partial charge in [0.15, 0.2) is 12.4 Å². The maximum atomic E-state index is 11.4. The highest BCUT2D eigenvalue weighted by molar-refractivity contribution is 5.95. The van der Waals surface area contributed by atoms with Crippen LogP contribution in [0.3, 0.4) is 0 Å². The second kappa shape index (κ2) is 7.31. The van der Waals surface area contributed by atoms with E-state index in [9.17, 15) is 4.79 Å². The molecule has 0 saturated carbocycles. The molecule has 0 atom stereocenters. The Kier molecular flexibility index (Phi) is 6.84. The SMILES string of the molecule is C=C(C)C(=O)CO[N+](C)(C)Cc1ccccc1.[Cl-]. The molecule has 0 heterocycles. The first-order valence-electron chi connectivity index (χ1n) is 5.61. The average molecular weight is 270 g/mol. The molecule has 0 N–H and O–H groups in total. The smallest absolute Gasteiger partial charge is 0.189 e. The largest absolute Gasteiger partial charge is 1.00 e. The van der Waals surface area contributed by atoms with Crippen LogP contribution in [0.2, 0.25) is 0 Å². The van der Waals surface area contributed by atoms with Crippen molar-refractivity contribution >= 4 is 5.78 Å². The lowest BCUT2D eigenvalue weighted by Gasteiger charge is -2.26. The summed E-state index contributed by atoms with van der Waals surface area (Å²) in [5.41, 5.74) is 1.71. The van der Waals surface area contributed by atoms with Gasteiger partial charge in [-0.2, -0.15) is 9.48 Å². The molecule has 100 valence electrons. The molecule has 0 bridgehead atoms. The van der Waals surface area contributed by atoms with Gasteiger partial charge in [-0.15, -0.1) is 0 Å². The van der Waals surface area contributed by atoms with Crippen LogP contribution in [0.5, 0.6) is 0 Å². The summed E-state index contributed by atoms with van der Waals surface area (Å²) in [6.07, 6.45) is 0. The molecule has 1 aromatic rings. The molecule has 1 aromatic carbocycles. The predicted octanol–water partition coefficient (Wildman–Crippen LogP) is -0.656. The van der Waals surface area contributed by atoms with Gasteiger partial charge in [-0.3, -0.25) is 4.79 Å². The first kappa shape index (κ1) is 16.8. The number of hydroxylamine groups is 3. The van der Waals surface area contributed by atoms with Crippen LogP contribution in [0.15, 0.2) is 42.5 Å². The fourth-order valence-corrected chi connectivity index (χ4v) is 1.43. The van der Waals surface area contributed by atoms with Crippen molar-refractivity contribution in [3.8, 4) is 0 Å². The normalized spacial score (nSPS) is 10.6. The minimum Gasteiger partial charge on any atom is -1.00 e. The lowest BCUT2D eigenvalue weighted by molar-refractivity contribution is -1.09. The van der Waals surface area contributed by atoms with E-state index in [0.717, 1.165) is 6.54 Å².